The van der Waals surface area contributed by atoms with Crippen LogP contribution < -0.4 is 16.4 Å². The molecule has 4 N–H and O–H groups in total. The van der Waals surface area contributed by atoms with Crippen LogP contribution in [0.25, 0.3) is 0 Å². The minimum Gasteiger partial charge on any atom is -0.380 e. The summed E-state index contributed by atoms with van der Waals surface area (Å²) in [5.74, 6) is -0.0542. The molecular weight excluding hydrogens is 383 g/mol. The van der Waals surface area contributed by atoms with Gasteiger partial charge < -0.3 is 21.1 Å². The fourth-order valence-electron chi connectivity index (χ4n) is 4.09. The molecule has 7 heteroatoms. The van der Waals surface area contributed by atoms with Gasteiger partial charge in [-0.15, -0.1) is 0 Å². The van der Waals surface area contributed by atoms with Crippen molar-refractivity contribution >= 4 is 11.6 Å². The van der Waals surface area contributed by atoms with Crippen molar-refractivity contribution in [3.05, 3.63) is 59.7 Å². The van der Waals surface area contributed by atoms with Crippen LogP contribution in [0, 0.1) is 11.7 Å². The molecule has 1 aliphatic carbocycles. The van der Waals surface area contributed by atoms with Gasteiger partial charge in [0.05, 0.1) is 29.1 Å². The van der Waals surface area contributed by atoms with Gasteiger partial charge in [0.2, 0.25) is 5.91 Å². The summed E-state index contributed by atoms with van der Waals surface area (Å²) in [6.07, 6.45) is 6.45. The van der Waals surface area contributed by atoms with Crippen molar-refractivity contribution in [2.24, 2.45) is 11.7 Å². The molecule has 1 saturated carbocycles. The fourth-order valence-corrected chi connectivity index (χ4v) is 4.09. The Kier molecular flexibility index (Phi) is 6.13. The van der Waals surface area contributed by atoms with Gasteiger partial charge in [0.1, 0.15) is 5.82 Å². The predicted molar refractivity (Wildman–Crippen MR) is 113 cm³/mol. The van der Waals surface area contributed by atoms with Crippen molar-refractivity contribution in [1.29, 1.82) is 0 Å². The number of carbonyl (C=O) groups is 1. The highest BCUT2D eigenvalue weighted by atomic mass is 19.1. The second-order valence-electron chi connectivity index (χ2n) is 8.41. The first-order valence-corrected chi connectivity index (χ1v) is 10.6. The first-order valence-electron chi connectivity index (χ1n) is 10.6. The molecule has 160 valence electrons. The normalized spacial score (nSPS) is 23.2. The standard InChI is InChI=1S/C23H29FN4O2/c1-30-17-13-20(27-14-17)22(29)28-19-12-16(7-8-18(19)24)23(25,10-9-15-5-6-15)21-4-2-3-11-26-21/h2-4,7-8,11-12,15,17,20,27H,5-6,9-10,13-14,25H2,1H3,(H,28,29)/t17-,20-,23?/m1/s1. The van der Waals surface area contributed by atoms with Crippen molar-refractivity contribution < 1.29 is 13.9 Å². The van der Waals surface area contributed by atoms with Crippen LogP contribution in [-0.2, 0) is 15.1 Å². The molecule has 3 atom stereocenters. The van der Waals surface area contributed by atoms with Crippen molar-refractivity contribution in [2.45, 2.75) is 49.8 Å². The number of methoxy groups -OCH3 is 1. The molecule has 2 aliphatic rings. The number of nitrogens with one attached hydrogen (secondary N) is 2. The Morgan fingerprint density at radius 3 is 2.87 bits per heavy atom. The summed E-state index contributed by atoms with van der Waals surface area (Å²) in [5.41, 5.74) is 7.68. The summed E-state index contributed by atoms with van der Waals surface area (Å²) in [7, 11) is 1.62. The molecule has 1 unspecified atom stereocenters. The summed E-state index contributed by atoms with van der Waals surface area (Å²) >= 11 is 0. The highest BCUT2D eigenvalue weighted by Crippen LogP contribution is 2.40. The van der Waals surface area contributed by atoms with Crippen LogP contribution in [0.1, 0.15) is 43.4 Å². The molecule has 30 heavy (non-hydrogen) atoms. The zero-order valence-corrected chi connectivity index (χ0v) is 17.2. The Bertz CT molecular complexity index is 890. The lowest BCUT2D eigenvalue weighted by molar-refractivity contribution is -0.118. The average Bonchev–Trinajstić information content (AvgIpc) is 3.48. The lowest BCUT2D eigenvalue weighted by Crippen LogP contribution is -2.39. The number of rotatable bonds is 8. The Labute approximate surface area is 176 Å². The molecule has 1 amide bonds. The molecule has 1 aliphatic heterocycles. The predicted octanol–water partition coefficient (Wildman–Crippen LogP) is 2.93. The maximum absolute atomic E-state index is 14.6. The van der Waals surface area contributed by atoms with Gasteiger partial charge in [-0.25, -0.2) is 4.39 Å². The van der Waals surface area contributed by atoms with Gasteiger partial charge in [0.25, 0.3) is 0 Å². The number of ether oxygens (including phenoxy) is 1. The van der Waals surface area contributed by atoms with Gasteiger partial charge in [-0.1, -0.05) is 25.0 Å². The van der Waals surface area contributed by atoms with E-state index >= 15 is 0 Å². The van der Waals surface area contributed by atoms with Gasteiger partial charge in [0.15, 0.2) is 0 Å². The Morgan fingerprint density at radius 1 is 1.37 bits per heavy atom. The lowest BCUT2D eigenvalue weighted by Gasteiger charge is -2.30. The smallest absolute Gasteiger partial charge is 0.241 e. The maximum Gasteiger partial charge on any atom is 0.241 e. The van der Waals surface area contributed by atoms with Crippen LogP contribution in [0.4, 0.5) is 10.1 Å². The summed E-state index contributed by atoms with van der Waals surface area (Å²) in [5, 5.41) is 5.84. The number of amides is 1. The van der Waals surface area contributed by atoms with E-state index in [2.05, 4.69) is 15.6 Å². The lowest BCUT2D eigenvalue weighted by atomic mass is 9.82. The van der Waals surface area contributed by atoms with Gasteiger partial charge in [-0.3, -0.25) is 9.78 Å². The van der Waals surface area contributed by atoms with Crippen molar-refractivity contribution in [3.8, 4) is 0 Å². The first-order chi connectivity index (χ1) is 14.5. The topological polar surface area (TPSA) is 89.3 Å². The first kappa shape index (κ1) is 20.9. The molecule has 6 nitrogen and oxygen atoms in total. The molecule has 1 saturated heterocycles. The van der Waals surface area contributed by atoms with Crippen LogP contribution in [0.5, 0.6) is 0 Å². The molecule has 0 radical (unpaired) electrons. The second-order valence-corrected chi connectivity index (χ2v) is 8.41. The average molecular weight is 413 g/mol. The molecule has 2 fully saturated rings. The molecule has 4 rings (SSSR count). The molecule has 2 heterocycles. The quantitative estimate of drug-likeness (QED) is 0.620. The number of pyridine rings is 1. The van der Waals surface area contributed by atoms with E-state index in [1.165, 1.54) is 18.9 Å². The number of nitrogens with zero attached hydrogens (tertiary/aromatic N) is 1. The SMILES string of the molecule is CO[C@H]1CN[C@@H](C(=O)Nc2cc(C(N)(CCC3CC3)c3ccccn3)ccc2F)C1. The minimum atomic E-state index is -0.843. The van der Waals surface area contributed by atoms with E-state index in [4.69, 9.17) is 10.5 Å². The van der Waals surface area contributed by atoms with Gasteiger partial charge in [-0.05, 0) is 55.0 Å². The molecular formula is C23H29FN4O2. The Morgan fingerprint density at radius 2 is 2.20 bits per heavy atom. The zero-order chi connectivity index (χ0) is 21.1. The number of carbonyl (C=O) groups excluding carboxylic acids is 1. The third kappa shape index (κ3) is 4.53. The van der Waals surface area contributed by atoms with Crippen LogP contribution in [-0.4, -0.2) is 36.7 Å². The number of hydrogen-bond donors (Lipinski definition) is 3. The number of hydrogen-bond acceptors (Lipinski definition) is 5. The highest BCUT2D eigenvalue weighted by Gasteiger charge is 2.35. The Balaban J connectivity index is 1.58. The largest absolute Gasteiger partial charge is 0.380 e. The van der Waals surface area contributed by atoms with E-state index in [1.807, 2.05) is 18.2 Å². The molecule has 0 bridgehead atoms. The summed E-state index contributed by atoms with van der Waals surface area (Å²) in [6, 6.07) is 9.97. The number of nitrogens with two attached hydrogens (primary N) is 1. The van der Waals surface area contributed by atoms with Gasteiger partial charge in [-0.2, -0.15) is 0 Å². The minimum absolute atomic E-state index is 0.0137. The highest BCUT2D eigenvalue weighted by molar-refractivity contribution is 5.95. The molecule has 1 aromatic carbocycles. The number of anilines is 1. The van der Waals surface area contributed by atoms with E-state index in [9.17, 15) is 9.18 Å². The van der Waals surface area contributed by atoms with Crippen molar-refractivity contribution in [3.63, 3.8) is 0 Å². The van der Waals surface area contributed by atoms with Crippen LogP contribution >= 0.6 is 0 Å². The summed E-state index contributed by atoms with van der Waals surface area (Å²) in [4.78, 5) is 17.1. The third-order valence-corrected chi connectivity index (χ3v) is 6.25. The van der Waals surface area contributed by atoms with Gasteiger partial charge >= 0.3 is 0 Å². The Hall–Kier alpha value is -2.35. The zero-order valence-electron chi connectivity index (χ0n) is 17.2. The monoisotopic (exact) mass is 412 g/mol. The van der Waals surface area contributed by atoms with Crippen molar-refractivity contribution in [2.75, 3.05) is 19.0 Å². The van der Waals surface area contributed by atoms with Gasteiger partial charge in [0, 0.05) is 19.9 Å². The summed E-state index contributed by atoms with van der Waals surface area (Å²) in [6.45, 7) is 0.601. The maximum atomic E-state index is 14.6. The van der Waals surface area contributed by atoms with E-state index in [0.29, 0.717) is 25.3 Å². The molecule has 1 aromatic heterocycles. The molecule has 2 aromatic rings. The number of benzene rings is 1. The van der Waals surface area contributed by atoms with Crippen LogP contribution in [0.15, 0.2) is 42.6 Å². The van der Waals surface area contributed by atoms with Crippen LogP contribution in [0.2, 0.25) is 0 Å². The van der Waals surface area contributed by atoms with E-state index in [-0.39, 0.29) is 17.7 Å². The number of halogens is 1. The number of aromatic nitrogens is 1. The second kappa shape index (κ2) is 8.79. The van der Waals surface area contributed by atoms with E-state index in [1.54, 1.807) is 25.4 Å². The third-order valence-electron chi connectivity index (χ3n) is 6.25. The van der Waals surface area contributed by atoms with Crippen LogP contribution in [0.3, 0.4) is 0 Å². The van der Waals surface area contributed by atoms with E-state index < -0.39 is 17.4 Å². The van der Waals surface area contributed by atoms with E-state index in [0.717, 1.165) is 17.7 Å². The molecule has 0 spiro atoms. The summed E-state index contributed by atoms with van der Waals surface area (Å²) < 4.78 is 19.8. The fraction of sp³-hybridized carbons (Fsp3) is 0.478. The van der Waals surface area contributed by atoms with Crippen molar-refractivity contribution in [1.82, 2.24) is 10.3 Å².